The van der Waals surface area contributed by atoms with Crippen molar-refractivity contribution in [1.29, 1.82) is 0 Å². The molecule has 1 aromatic carbocycles. The van der Waals surface area contributed by atoms with Crippen LogP contribution in [0.1, 0.15) is 55.6 Å². The number of carbonyl (C=O) groups excluding carboxylic acids is 2. The molecular weight excluding hydrogens is 469 g/mol. The molecular formula is C27H40BN5O4. The molecule has 37 heavy (non-hydrogen) atoms. The molecule has 1 fully saturated rings. The van der Waals surface area contributed by atoms with Crippen LogP contribution >= 0.6 is 0 Å². The average Bonchev–Trinajstić information content (AvgIpc) is 2.91. The molecule has 0 aliphatic carbocycles. The minimum absolute atomic E-state index is 0.159. The SMILES string of the molecule is CNCCCCC1COB(C(CC(C)C)NC(=O)[C@H](Cc2ccccc2)NC(=O)c2cnccn2)OC1. The lowest BCUT2D eigenvalue weighted by Crippen LogP contribution is -2.57. The van der Waals surface area contributed by atoms with Crippen LogP contribution in [0.3, 0.4) is 0 Å². The Morgan fingerprint density at radius 1 is 1.08 bits per heavy atom. The van der Waals surface area contributed by atoms with Crippen LogP contribution in [0.4, 0.5) is 0 Å². The van der Waals surface area contributed by atoms with Gasteiger partial charge in [0, 0.05) is 37.9 Å². The number of rotatable bonds is 14. The van der Waals surface area contributed by atoms with E-state index in [1.165, 1.54) is 18.6 Å². The van der Waals surface area contributed by atoms with Crippen molar-refractivity contribution in [2.24, 2.45) is 11.8 Å². The summed E-state index contributed by atoms with van der Waals surface area (Å²) < 4.78 is 12.2. The first-order valence-corrected chi connectivity index (χ1v) is 13.2. The van der Waals surface area contributed by atoms with Crippen LogP contribution in [0, 0.1) is 11.8 Å². The molecule has 1 aliphatic rings. The predicted octanol–water partition coefficient (Wildman–Crippen LogP) is 2.43. The summed E-state index contributed by atoms with van der Waals surface area (Å²) in [5.74, 6) is -0.382. The van der Waals surface area contributed by atoms with Gasteiger partial charge in [-0.3, -0.25) is 14.6 Å². The van der Waals surface area contributed by atoms with Crippen LogP contribution in [0.15, 0.2) is 48.9 Å². The van der Waals surface area contributed by atoms with E-state index in [1.54, 1.807) is 0 Å². The molecule has 2 aromatic rings. The second-order valence-electron chi connectivity index (χ2n) is 10.1. The van der Waals surface area contributed by atoms with Gasteiger partial charge >= 0.3 is 7.12 Å². The van der Waals surface area contributed by atoms with Crippen LogP contribution in [0.2, 0.25) is 0 Å². The Bertz CT molecular complexity index is 942. The molecule has 1 aromatic heterocycles. The minimum atomic E-state index is -0.796. The van der Waals surface area contributed by atoms with Gasteiger partial charge in [0.15, 0.2) is 0 Å². The van der Waals surface area contributed by atoms with Crippen molar-refractivity contribution >= 4 is 18.9 Å². The highest BCUT2D eigenvalue weighted by Crippen LogP contribution is 2.20. The van der Waals surface area contributed by atoms with Crippen LogP contribution in [-0.4, -0.2) is 67.7 Å². The van der Waals surface area contributed by atoms with Gasteiger partial charge in [0.2, 0.25) is 5.91 Å². The third-order valence-electron chi connectivity index (χ3n) is 6.36. The molecule has 0 saturated carbocycles. The summed E-state index contributed by atoms with van der Waals surface area (Å²) in [6, 6.07) is 8.82. The van der Waals surface area contributed by atoms with Gasteiger partial charge in [0.1, 0.15) is 11.7 Å². The average molecular weight is 509 g/mol. The topological polar surface area (TPSA) is 114 Å². The molecule has 2 amide bonds. The number of hydrogen-bond acceptors (Lipinski definition) is 7. The summed E-state index contributed by atoms with van der Waals surface area (Å²) in [5.41, 5.74) is 1.10. The van der Waals surface area contributed by atoms with Crippen molar-refractivity contribution in [2.75, 3.05) is 26.8 Å². The number of nitrogens with one attached hydrogen (secondary N) is 3. The first-order valence-electron chi connectivity index (χ1n) is 13.2. The second-order valence-corrected chi connectivity index (χ2v) is 10.1. The summed E-state index contributed by atoms with van der Waals surface area (Å²) in [7, 11) is 1.44. The fourth-order valence-electron chi connectivity index (χ4n) is 4.43. The lowest BCUT2D eigenvalue weighted by molar-refractivity contribution is -0.123. The third kappa shape index (κ3) is 9.87. The molecule has 0 spiro atoms. The number of hydrogen-bond donors (Lipinski definition) is 3. The second kappa shape index (κ2) is 15.4. The van der Waals surface area contributed by atoms with E-state index < -0.39 is 19.1 Å². The zero-order valence-corrected chi connectivity index (χ0v) is 22.2. The van der Waals surface area contributed by atoms with E-state index in [-0.39, 0.29) is 17.5 Å². The van der Waals surface area contributed by atoms with E-state index in [2.05, 4.69) is 39.8 Å². The maximum absolute atomic E-state index is 13.5. The Balaban J connectivity index is 1.65. The van der Waals surface area contributed by atoms with Gasteiger partial charge < -0.3 is 25.3 Å². The third-order valence-corrected chi connectivity index (χ3v) is 6.36. The lowest BCUT2D eigenvalue weighted by atomic mass is 9.72. The molecule has 1 unspecified atom stereocenters. The first kappa shape index (κ1) is 28.8. The Hall–Kier alpha value is -2.82. The molecule has 200 valence electrons. The Labute approximate surface area is 220 Å². The Morgan fingerprint density at radius 3 is 2.49 bits per heavy atom. The molecule has 0 bridgehead atoms. The zero-order chi connectivity index (χ0) is 26.5. The van der Waals surface area contributed by atoms with Gasteiger partial charge in [-0.05, 0) is 44.3 Å². The minimum Gasteiger partial charge on any atom is -0.409 e. The van der Waals surface area contributed by atoms with Crippen molar-refractivity contribution in [3.8, 4) is 0 Å². The van der Waals surface area contributed by atoms with Gasteiger partial charge in [0.05, 0.1) is 12.1 Å². The monoisotopic (exact) mass is 509 g/mol. The van der Waals surface area contributed by atoms with Crippen molar-refractivity contribution in [1.82, 2.24) is 25.9 Å². The highest BCUT2D eigenvalue weighted by atomic mass is 16.6. The van der Waals surface area contributed by atoms with Crippen LogP contribution in [0.5, 0.6) is 0 Å². The molecule has 0 radical (unpaired) electrons. The first-order chi connectivity index (χ1) is 18.0. The summed E-state index contributed by atoms with van der Waals surface area (Å²) in [4.78, 5) is 34.4. The van der Waals surface area contributed by atoms with Gasteiger partial charge in [-0.2, -0.15) is 0 Å². The molecule has 3 rings (SSSR count). The van der Waals surface area contributed by atoms with Crippen LogP contribution in [0.25, 0.3) is 0 Å². The smallest absolute Gasteiger partial charge is 0.409 e. The summed E-state index contributed by atoms with van der Waals surface area (Å²) in [6.45, 7) is 6.45. The van der Waals surface area contributed by atoms with E-state index in [9.17, 15) is 9.59 Å². The highest BCUT2D eigenvalue weighted by molar-refractivity contribution is 6.47. The molecule has 10 heteroatoms. The van der Waals surface area contributed by atoms with Gasteiger partial charge in [-0.1, -0.05) is 50.6 Å². The predicted molar refractivity (Wildman–Crippen MR) is 144 cm³/mol. The number of carbonyl (C=O) groups is 2. The fraction of sp³-hybridized carbons (Fsp3) is 0.556. The maximum Gasteiger partial charge on any atom is 0.480 e. The van der Waals surface area contributed by atoms with E-state index in [4.69, 9.17) is 9.31 Å². The Morgan fingerprint density at radius 2 is 1.84 bits per heavy atom. The van der Waals surface area contributed by atoms with Crippen molar-refractivity contribution < 1.29 is 18.9 Å². The van der Waals surface area contributed by atoms with Gasteiger partial charge in [-0.15, -0.1) is 0 Å². The van der Waals surface area contributed by atoms with Crippen LogP contribution < -0.4 is 16.0 Å². The lowest BCUT2D eigenvalue weighted by Gasteiger charge is -2.33. The van der Waals surface area contributed by atoms with Crippen molar-refractivity contribution in [3.63, 3.8) is 0 Å². The number of benzene rings is 1. The Kier molecular flexibility index (Phi) is 12.0. The van der Waals surface area contributed by atoms with E-state index >= 15 is 0 Å². The van der Waals surface area contributed by atoms with E-state index in [0.29, 0.717) is 37.9 Å². The molecule has 3 N–H and O–H groups in total. The molecule has 1 saturated heterocycles. The number of amides is 2. The number of nitrogens with zero attached hydrogens (tertiary/aromatic N) is 2. The number of unbranched alkanes of at least 4 members (excludes halogenated alkanes) is 1. The summed E-state index contributed by atoms with van der Waals surface area (Å²) in [6.07, 6.45) is 8.68. The fourth-order valence-corrected chi connectivity index (χ4v) is 4.43. The summed E-state index contributed by atoms with van der Waals surface area (Å²) >= 11 is 0. The van der Waals surface area contributed by atoms with Crippen molar-refractivity contribution in [3.05, 3.63) is 60.2 Å². The standard InChI is InChI=1S/C27H40BN5O4/c1-20(2)15-25(28-36-18-22(19-37-28)11-7-8-12-29-3)33-26(34)23(16-21-9-5-4-6-10-21)32-27(35)24-17-30-13-14-31-24/h4-6,9-10,13-14,17,20,22-23,25,29H,7-8,11-12,15-16,18-19H2,1-3H3,(H,32,35)(H,33,34)/t23-,25?/m0/s1. The maximum atomic E-state index is 13.5. The quantitative estimate of drug-likeness (QED) is 0.265. The number of aromatic nitrogens is 2. The van der Waals surface area contributed by atoms with E-state index in [0.717, 1.165) is 31.4 Å². The van der Waals surface area contributed by atoms with Gasteiger partial charge in [-0.25, -0.2) is 4.98 Å². The molecule has 1 aliphatic heterocycles. The normalized spacial score (nSPS) is 15.8. The molecule has 2 heterocycles. The van der Waals surface area contributed by atoms with E-state index in [1.807, 2.05) is 37.4 Å². The van der Waals surface area contributed by atoms with Crippen LogP contribution in [-0.2, 0) is 20.5 Å². The largest absolute Gasteiger partial charge is 0.480 e. The molecule has 2 atom stereocenters. The molecule has 9 nitrogen and oxygen atoms in total. The summed E-state index contributed by atoms with van der Waals surface area (Å²) in [5, 5.41) is 9.14. The highest BCUT2D eigenvalue weighted by Gasteiger charge is 2.38. The van der Waals surface area contributed by atoms with Crippen molar-refractivity contribution in [2.45, 2.75) is 57.9 Å². The van der Waals surface area contributed by atoms with Gasteiger partial charge in [0.25, 0.3) is 5.91 Å². The zero-order valence-electron chi connectivity index (χ0n) is 22.2.